The van der Waals surface area contributed by atoms with Gasteiger partial charge in [-0.1, -0.05) is 18.2 Å². The summed E-state index contributed by atoms with van der Waals surface area (Å²) in [7, 11) is 0. The van der Waals surface area contributed by atoms with E-state index in [0.29, 0.717) is 0 Å². The molecule has 0 bridgehead atoms. The summed E-state index contributed by atoms with van der Waals surface area (Å²) in [5, 5.41) is 9.69. The van der Waals surface area contributed by atoms with E-state index < -0.39 is 5.60 Å². The van der Waals surface area contributed by atoms with Gasteiger partial charge in [-0.25, -0.2) is 0 Å². The zero-order valence-corrected chi connectivity index (χ0v) is 6.32. The van der Waals surface area contributed by atoms with Crippen molar-refractivity contribution >= 4 is 5.78 Å². The lowest BCUT2D eigenvalue weighted by Gasteiger charge is -2.22. The van der Waals surface area contributed by atoms with Crippen LogP contribution in [0.25, 0.3) is 0 Å². The second-order valence-electron chi connectivity index (χ2n) is 3.40. The molecule has 3 atom stereocenters. The van der Waals surface area contributed by atoms with E-state index in [-0.39, 0.29) is 17.6 Å². The number of hydrogen-bond donors (Lipinski definition) is 1. The van der Waals surface area contributed by atoms with E-state index in [2.05, 4.69) is 0 Å². The Kier molecular flexibility index (Phi) is 1.13. The topological polar surface area (TPSA) is 37.3 Å². The van der Waals surface area contributed by atoms with Crippen molar-refractivity contribution in [3.8, 4) is 0 Å². The van der Waals surface area contributed by atoms with Crippen molar-refractivity contribution in [2.24, 2.45) is 11.8 Å². The highest BCUT2D eigenvalue weighted by atomic mass is 16.3. The molecule has 0 fully saturated rings. The van der Waals surface area contributed by atoms with Crippen LogP contribution in [0, 0.1) is 11.8 Å². The highest BCUT2D eigenvalue weighted by Gasteiger charge is 2.43. The van der Waals surface area contributed by atoms with Crippen molar-refractivity contribution in [1.29, 1.82) is 0 Å². The van der Waals surface area contributed by atoms with Crippen molar-refractivity contribution in [3.63, 3.8) is 0 Å². The molecule has 0 amide bonds. The molecular weight excluding hydrogens is 140 g/mol. The van der Waals surface area contributed by atoms with Gasteiger partial charge < -0.3 is 5.11 Å². The van der Waals surface area contributed by atoms with Gasteiger partial charge in [-0.05, 0) is 13.0 Å². The summed E-state index contributed by atoms with van der Waals surface area (Å²) >= 11 is 0. The fourth-order valence-electron chi connectivity index (χ4n) is 1.79. The van der Waals surface area contributed by atoms with Gasteiger partial charge in [0.15, 0.2) is 5.78 Å². The maximum Gasteiger partial charge on any atom is 0.162 e. The molecule has 58 valence electrons. The molecule has 0 spiro atoms. The van der Waals surface area contributed by atoms with E-state index in [1.807, 2.05) is 0 Å². The zero-order chi connectivity index (χ0) is 8.06. The van der Waals surface area contributed by atoms with E-state index in [9.17, 15) is 9.90 Å². The number of hydrogen-bond acceptors (Lipinski definition) is 2. The van der Waals surface area contributed by atoms with E-state index in [1.54, 1.807) is 31.2 Å². The predicted molar refractivity (Wildman–Crippen MR) is 40.9 cm³/mol. The summed E-state index contributed by atoms with van der Waals surface area (Å²) in [6.07, 6.45) is 6.87. The van der Waals surface area contributed by atoms with Crippen LogP contribution in [-0.2, 0) is 4.79 Å². The standard InChI is InChI=1S/C9H10O2/c1-9(11)5-4-6-7(9)2-3-8(6)10/h2-7,11H,1H3/t6-,7-,9+/m1/s1. The molecule has 0 radical (unpaired) electrons. The quantitative estimate of drug-likeness (QED) is 0.515. The molecule has 2 aliphatic carbocycles. The van der Waals surface area contributed by atoms with Gasteiger partial charge in [0.05, 0.1) is 5.60 Å². The maximum atomic E-state index is 11.1. The lowest BCUT2D eigenvalue weighted by Crippen LogP contribution is -2.30. The summed E-state index contributed by atoms with van der Waals surface area (Å²) in [6.45, 7) is 1.73. The number of aliphatic hydroxyl groups is 1. The Morgan fingerprint density at radius 3 is 2.91 bits per heavy atom. The predicted octanol–water partition coefficient (Wildman–Crippen LogP) is 0.678. The highest BCUT2D eigenvalue weighted by molar-refractivity contribution is 5.96. The average molecular weight is 150 g/mol. The number of ketones is 1. The molecule has 0 heterocycles. The normalized spacial score (nSPS) is 46.9. The van der Waals surface area contributed by atoms with Crippen LogP contribution >= 0.6 is 0 Å². The fraction of sp³-hybridized carbons (Fsp3) is 0.444. The molecule has 2 nitrogen and oxygen atoms in total. The molecule has 0 aliphatic heterocycles. The molecule has 0 aromatic heterocycles. The van der Waals surface area contributed by atoms with Crippen LogP contribution in [0.5, 0.6) is 0 Å². The Morgan fingerprint density at radius 2 is 2.27 bits per heavy atom. The summed E-state index contributed by atoms with van der Waals surface area (Å²) in [6, 6.07) is 0. The van der Waals surface area contributed by atoms with Gasteiger partial charge in [0, 0.05) is 11.8 Å². The Morgan fingerprint density at radius 1 is 1.55 bits per heavy atom. The van der Waals surface area contributed by atoms with Crippen molar-refractivity contribution in [1.82, 2.24) is 0 Å². The van der Waals surface area contributed by atoms with Crippen LogP contribution in [-0.4, -0.2) is 16.5 Å². The number of rotatable bonds is 0. The van der Waals surface area contributed by atoms with Crippen molar-refractivity contribution < 1.29 is 9.90 Å². The first-order chi connectivity index (χ1) is 5.11. The monoisotopic (exact) mass is 150 g/mol. The molecule has 2 aliphatic rings. The second-order valence-corrected chi connectivity index (χ2v) is 3.40. The first kappa shape index (κ1) is 6.80. The van der Waals surface area contributed by atoms with Gasteiger partial charge in [0.1, 0.15) is 0 Å². The van der Waals surface area contributed by atoms with Gasteiger partial charge in [0.25, 0.3) is 0 Å². The van der Waals surface area contributed by atoms with Crippen molar-refractivity contribution in [2.75, 3.05) is 0 Å². The minimum atomic E-state index is -0.812. The van der Waals surface area contributed by atoms with Gasteiger partial charge in [-0.15, -0.1) is 0 Å². The summed E-state index contributed by atoms with van der Waals surface area (Å²) in [5.74, 6) is 0.00373. The Hall–Kier alpha value is -0.890. The molecule has 0 saturated heterocycles. The fourth-order valence-corrected chi connectivity index (χ4v) is 1.79. The second kappa shape index (κ2) is 1.83. The summed E-state index contributed by atoms with van der Waals surface area (Å²) < 4.78 is 0. The summed E-state index contributed by atoms with van der Waals surface area (Å²) in [4.78, 5) is 11.1. The molecular formula is C9H10O2. The van der Waals surface area contributed by atoms with E-state index in [4.69, 9.17) is 0 Å². The largest absolute Gasteiger partial charge is 0.385 e. The van der Waals surface area contributed by atoms with Crippen LogP contribution in [0.4, 0.5) is 0 Å². The first-order valence-corrected chi connectivity index (χ1v) is 3.75. The van der Waals surface area contributed by atoms with E-state index in [1.165, 1.54) is 0 Å². The number of carbonyl (C=O) groups is 1. The summed E-state index contributed by atoms with van der Waals surface area (Å²) in [5.41, 5.74) is -0.812. The maximum absolute atomic E-state index is 11.1. The molecule has 0 aromatic carbocycles. The van der Waals surface area contributed by atoms with E-state index in [0.717, 1.165) is 0 Å². The molecule has 11 heavy (non-hydrogen) atoms. The molecule has 2 heteroatoms. The minimum absolute atomic E-state index is 0.0185. The Balaban J connectivity index is 2.36. The minimum Gasteiger partial charge on any atom is -0.385 e. The molecule has 1 N–H and O–H groups in total. The van der Waals surface area contributed by atoms with Gasteiger partial charge in [-0.3, -0.25) is 4.79 Å². The van der Waals surface area contributed by atoms with Crippen LogP contribution < -0.4 is 0 Å². The van der Waals surface area contributed by atoms with Crippen molar-refractivity contribution in [2.45, 2.75) is 12.5 Å². The molecule has 2 rings (SSSR count). The number of allylic oxidation sites excluding steroid dienone is 2. The number of carbonyl (C=O) groups excluding carboxylic acids is 1. The highest BCUT2D eigenvalue weighted by Crippen LogP contribution is 2.39. The van der Waals surface area contributed by atoms with Crippen LogP contribution in [0.2, 0.25) is 0 Å². The lowest BCUT2D eigenvalue weighted by atomic mass is 9.88. The third-order valence-corrected chi connectivity index (χ3v) is 2.50. The Bertz CT molecular complexity index is 261. The average Bonchev–Trinajstić information content (AvgIpc) is 2.39. The third kappa shape index (κ3) is 0.792. The van der Waals surface area contributed by atoms with Crippen molar-refractivity contribution in [3.05, 3.63) is 24.3 Å². The molecule has 0 unspecified atom stereocenters. The van der Waals surface area contributed by atoms with E-state index >= 15 is 0 Å². The lowest BCUT2D eigenvalue weighted by molar-refractivity contribution is -0.117. The SMILES string of the molecule is C[C@]1(O)C=C[C@H]2C(=O)C=C[C@H]21. The van der Waals surface area contributed by atoms with Gasteiger partial charge in [0.2, 0.25) is 0 Å². The number of fused-ring (bicyclic) bond motifs is 1. The van der Waals surface area contributed by atoms with Crippen LogP contribution in [0.1, 0.15) is 6.92 Å². The third-order valence-electron chi connectivity index (χ3n) is 2.50. The smallest absolute Gasteiger partial charge is 0.162 e. The molecule has 0 aromatic rings. The van der Waals surface area contributed by atoms with Gasteiger partial charge >= 0.3 is 0 Å². The zero-order valence-electron chi connectivity index (χ0n) is 6.32. The first-order valence-electron chi connectivity index (χ1n) is 3.75. The van der Waals surface area contributed by atoms with Crippen LogP contribution in [0.3, 0.4) is 0 Å². The van der Waals surface area contributed by atoms with Gasteiger partial charge in [-0.2, -0.15) is 0 Å². The Labute approximate surface area is 65.2 Å². The molecule has 0 saturated carbocycles. The van der Waals surface area contributed by atoms with Crippen LogP contribution in [0.15, 0.2) is 24.3 Å².